The van der Waals surface area contributed by atoms with E-state index in [2.05, 4.69) is 14.6 Å². The van der Waals surface area contributed by atoms with Crippen molar-refractivity contribution in [2.45, 2.75) is 12.3 Å². The van der Waals surface area contributed by atoms with Gasteiger partial charge in [0.2, 0.25) is 0 Å². The average molecular weight is 213 g/mol. The van der Waals surface area contributed by atoms with E-state index in [1.807, 2.05) is 0 Å². The summed E-state index contributed by atoms with van der Waals surface area (Å²) in [5, 5.41) is 3.46. The second-order valence-corrected chi connectivity index (χ2v) is 2.77. The Labute approximate surface area is 86.1 Å². The number of hydrogen-bond acceptors (Lipinski definition) is 6. The van der Waals surface area contributed by atoms with Gasteiger partial charge in [-0.1, -0.05) is 5.16 Å². The van der Waals surface area contributed by atoms with Crippen LogP contribution in [-0.4, -0.2) is 31.3 Å². The number of carbonyl (C=O) groups excluding carboxylic acids is 2. The molecular formula is C9H11NO5. The quantitative estimate of drug-likeness (QED) is 0.677. The van der Waals surface area contributed by atoms with Crippen molar-refractivity contribution >= 4 is 11.9 Å². The van der Waals surface area contributed by atoms with Crippen molar-refractivity contribution in [3.8, 4) is 0 Å². The summed E-state index contributed by atoms with van der Waals surface area (Å²) < 4.78 is 13.8. The first-order valence-electron chi connectivity index (χ1n) is 4.24. The first kappa shape index (κ1) is 11.2. The van der Waals surface area contributed by atoms with Gasteiger partial charge in [0.15, 0.2) is 5.76 Å². The maximum Gasteiger partial charge on any atom is 0.317 e. The molecule has 0 radical (unpaired) electrons. The summed E-state index contributed by atoms with van der Waals surface area (Å²) in [5.41, 5.74) is 0. The molecule has 0 N–H and O–H groups in total. The van der Waals surface area contributed by atoms with E-state index >= 15 is 0 Å². The molecule has 0 amide bonds. The molecule has 1 aromatic heterocycles. The molecule has 82 valence electrons. The van der Waals surface area contributed by atoms with Crippen molar-refractivity contribution in [2.75, 3.05) is 14.2 Å². The molecule has 0 saturated carbocycles. The Morgan fingerprint density at radius 1 is 1.47 bits per heavy atom. The Balaban J connectivity index is 2.79. The zero-order valence-corrected chi connectivity index (χ0v) is 8.43. The number of rotatable bonds is 4. The van der Waals surface area contributed by atoms with Crippen LogP contribution in [0.2, 0.25) is 0 Å². The minimum atomic E-state index is -0.801. The van der Waals surface area contributed by atoms with E-state index < -0.39 is 17.9 Å². The Morgan fingerprint density at radius 2 is 2.20 bits per heavy atom. The lowest BCUT2D eigenvalue weighted by molar-refractivity contribution is -0.149. The van der Waals surface area contributed by atoms with E-state index in [0.717, 1.165) is 0 Å². The molecule has 0 aliphatic rings. The Hall–Kier alpha value is -1.85. The Kier molecular flexibility index (Phi) is 3.84. The van der Waals surface area contributed by atoms with Crippen LogP contribution in [0.3, 0.4) is 0 Å². The van der Waals surface area contributed by atoms with Gasteiger partial charge in [-0.3, -0.25) is 9.59 Å². The van der Waals surface area contributed by atoms with E-state index in [0.29, 0.717) is 0 Å². The lowest BCUT2D eigenvalue weighted by Crippen LogP contribution is -2.18. The predicted molar refractivity (Wildman–Crippen MR) is 47.9 cm³/mol. The van der Waals surface area contributed by atoms with Crippen molar-refractivity contribution in [3.05, 3.63) is 18.0 Å². The van der Waals surface area contributed by atoms with Crippen LogP contribution in [0, 0.1) is 0 Å². The highest BCUT2D eigenvalue weighted by atomic mass is 16.5. The third-order valence-electron chi connectivity index (χ3n) is 1.89. The number of nitrogens with zero attached hydrogens (tertiary/aromatic N) is 1. The van der Waals surface area contributed by atoms with Crippen LogP contribution in [-0.2, 0) is 19.1 Å². The van der Waals surface area contributed by atoms with Gasteiger partial charge in [0.1, 0.15) is 5.92 Å². The van der Waals surface area contributed by atoms with E-state index in [-0.39, 0.29) is 12.2 Å². The van der Waals surface area contributed by atoms with Gasteiger partial charge in [0.25, 0.3) is 0 Å². The average Bonchev–Trinajstić information content (AvgIpc) is 2.77. The fraction of sp³-hybridized carbons (Fsp3) is 0.444. The van der Waals surface area contributed by atoms with Gasteiger partial charge in [-0.05, 0) is 0 Å². The minimum Gasteiger partial charge on any atom is -0.469 e. The highest BCUT2D eigenvalue weighted by Gasteiger charge is 2.28. The molecule has 1 aromatic rings. The van der Waals surface area contributed by atoms with E-state index in [9.17, 15) is 9.59 Å². The van der Waals surface area contributed by atoms with Gasteiger partial charge in [-0.15, -0.1) is 0 Å². The summed E-state index contributed by atoms with van der Waals surface area (Å²) in [7, 11) is 2.49. The van der Waals surface area contributed by atoms with Crippen LogP contribution < -0.4 is 0 Å². The zero-order chi connectivity index (χ0) is 11.3. The molecule has 1 rings (SSSR count). The second-order valence-electron chi connectivity index (χ2n) is 2.77. The zero-order valence-electron chi connectivity index (χ0n) is 8.43. The highest BCUT2D eigenvalue weighted by Crippen LogP contribution is 2.21. The highest BCUT2D eigenvalue weighted by molar-refractivity contribution is 5.83. The number of carbonyl (C=O) groups is 2. The van der Waals surface area contributed by atoms with Crippen LogP contribution in [0.5, 0.6) is 0 Å². The predicted octanol–water partition coefficient (Wildman–Crippen LogP) is 0.494. The van der Waals surface area contributed by atoms with Gasteiger partial charge >= 0.3 is 11.9 Å². The summed E-state index contributed by atoms with van der Waals surface area (Å²) in [6, 6.07) is 1.50. The van der Waals surface area contributed by atoms with Crippen LogP contribution in [0.15, 0.2) is 16.8 Å². The monoisotopic (exact) mass is 213 g/mol. The molecule has 1 heterocycles. The number of esters is 2. The molecule has 6 heteroatoms. The van der Waals surface area contributed by atoms with Crippen molar-refractivity contribution < 1.29 is 23.6 Å². The van der Waals surface area contributed by atoms with Gasteiger partial charge in [0.05, 0.1) is 26.8 Å². The number of ether oxygens (including phenoxy) is 2. The molecule has 0 aromatic carbocycles. The van der Waals surface area contributed by atoms with E-state index in [1.54, 1.807) is 0 Å². The molecular weight excluding hydrogens is 202 g/mol. The lowest BCUT2D eigenvalue weighted by atomic mass is 10.0. The summed E-state index contributed by atoms with van der Waals surface area (Å²) in [6.45, 7) is 0. The van der Waals surface area contributed by atoms with Gasteiger partial charge in [-0.2, -0.15) is 0 Å². The number of aromatic nitrogens is 1. The molecule has 0 fully saturated rings. The largest absolute Gasteiger partial charge is 0.469 e. The van der Waals surface area contributed by atoms with Crippen molar-refractivity contribution in [1.29, 1.82) is 0 Å². The molecule has 0 saturated heterocycles. The molecule has 0 aliphatic carbocycles. The van der Waals surface area contributed by atoms with Crippen LogP contribution in [0.1, 0.15) is 18.1 Å². The Bertz CT molecular complexity index is 332. The van der Waals surface area contributed by atoms with Gasteiger partial charge in [0, 0.05) is 6.07 Å². The third kappa shape index (κ3) is 2.80. The first-order valence-corrected chi connectivity index (χ1v) is 4.24. The standard InChI is InChI=1S/C9H11NO5/c1-13-8(11)5-6(9(12)14-2)7-3-4-10-15-7/h3-4,6H,5H2,1-2H3. The molecule has 0 bridgehead atoms. The Morgan fingerprint density at radius 3 is 2.67 bits per heavy atom. The van der Waals surface area contributed by atoms with Crippen LogP contribution >= 0.6 is 0 Å². The van der Waals surface area contributed by atoms with Gasteiger partial charge in [-0.25, -0.2) is 0 Å². The minimum absolute atomic E-state index is 0.127. The van der Waals surface area contributed by atoms with Crippen molar-refractivity contribution in [1.82, 2.24) is 5.16 Å². The van der Waals surface area contributed by atoms with Crippen LogP contribution in [0.25, 0.3) is 0 Å². The SMILES string of the molecule is COC(=O)CC(C(=O)OC)c1ccno1. The second kappa shape index (κ2) is 5.14. The summed E-state index contributed by atoms with van der Waals surface area (Å²) in [4.78, 5) is 22.4. The number of methoxy groups -OCH3 is 2. The fourth-order valence-electron chi connectivity index (χ4n) is 1.10. The number of hydrogen-bond donors (Lipinski definition) is 0. The molecule has 6 nitrogen and oxygen atoms in total. The van der Waals surface area contributed by atoms with Crippen LogP contribution in [0.4, 0.5) is 0 Å². The van der Waals surface area contributed by atoms with E-state index in [4.69, 9.17) is 4.52 Å². The smallest absolute Gasteiger partial charge is 0.317 e. The van der Waals surface area contributed by atoms with Crippen molar-refractivity contribution in [2.24, 2.45) is 0 Å². The fourth-order valence-corrected chi connectivity index (χ4v) is 1.10. The topological polar surface area (TPSA) is 78.6 Å². The first-order chi connectivity index (χ1) is 7.19. The molecule has 1 atom stereocenters. The maximum absolute atomic E-state index is 11.3. The molecule has 15 heavy (non-hydrogen) atoms. The third-order valence-corrected chi connectivity index (χ3v) is 1.89. The lowest BCUT2D eigenvalue weighted by Gasteiger charge is -2.09. The van der Waals surface area contributed by atoms with Crippen molar-refractivity contribution in [3.63, 3.8) is 0 Å². The normalized spacial score (nSPS) is 11.9. The summed E-state index contributed by atoms with van der Waals surface area (Å²) in [5.74, 6) is -1.59. The summed E-state index contributed by atoms with van der Waals surface area (Å²) in [6.07, 6.45) is 1.26. The van der Waals surface area contributed by atoms with Gasteiger partial charge < -0.3 is 14.0 Å². The van der Waals surface area contributed by atoms with E-state index in [1.165, 1.54) is 26.5 Å². The maximum atomic E-state index is 11.3. The molecule has 1 unspecified atom stereocenters. The molecule has 0 aliphatic heterocycles. The summed E-state index contributed by atoms with van der Waals surface area (Å²) >= 11 is 0. The molecule has 0 spiro atoms.